The molecule has 0 spiro atoms. The number of hydrogen-bond donors (Lipinski definition) is 3. The second-order valence-electron chi connectivity index (χ2n) is 5.05. The van der Waals surface area contributed by atoms with Gasteiger partial charge in [-0.3, -0.25) is 4.79 Å². The third-order valence-electron chi connectivity index (χ3n) is 3.44. The van der Waals surface area contributed by atoms with Crippen molar-refractivity contribution >= 4 is 11.7 Å². The summed E-state index contributed by atoms with van der Waals surface area (Å²) in [6.07, 6.45) is 2.79. The van der Waals surface area contributed by atoms with Gasteiger partial charge in [-0.15, -0.1) is 0 Å². The fourth-order valence-corrected chi connectivity index (χ4v) is 2.06. The molecule has 2 rings (SSSR count). The minimum atomic E-state index is 0.0379. The molecule has 1 atom stereocenters. The number of carbonyl (C=O) groups is 1. The van der Waals surface area contributed by atoms with Gasteiger partial charge in [0.05, 0.1) is 6.42 Å². The van der Waals surface area contributed by atoms with Gasteiger partial charge in [-0.1, -0.05) is 29.4 Å². The molecule has 5 heteroatoms. The van der Waals surface area contributed by atoms with Gasteiger partial charge in [0.1, 0.15) is 0 Å². The number of oxime groups is 1. The molecule has 4 N–H and O–H groups in total. The van der Waals surface area contributed by atoms with Gasteiger partial charge in [-0.2, -0.15) is 0 Å². The van der Waals surface area contributed by atoms with Crippen LogP contribution in [0.3, 0.4) is 0 Å². The van der Waals surface area contributed by atoms with E-state index in [1.165, 1.54) is 12.8 Å². The number of nitrogens with one attached hydrogen (secondary N) is 1. The first-order valence-corrected chi connectivity index (χ1v) is 6.46. The third-order valence-corrected chi connectivity index (χ3v) is 3.44. The highest BCUT2D eigenvalue weighted by Gasteiger charge is 2.28. The Morgan fingerprint density at radius 2 is 2.11 bits per heavy atom. The standard InChI is InChI=1S/C14H19N3O2/c1-9(11-6-7-11)16-13(18)8-10-2-4-12(5-3-10)14(15)17-19/h2-5,9,11,19H,6-8H2,1H3,(H2,15,17)(H,16,18). The van der Waals surface area contributed by atoms with Crippen LogP contribution in [0.15, 0.2) is 29.4 Å². The lowest BCUT2D eigenvalue weighted by molar-refractivity contribution is -0.121. The molecule has 1 aromatic carbocycles. The van der Waals surface area contributed by atoms with E-state index in [2.05, 4.69) is 17.4 Å². The Hall–Kier alpha value is -2.04. The van der Waals surface area contributed by atoms with E-state index < -0.39 is 0 Å². The maximum Gasteiger partial charge on any atom is 0.224 e. The summed E-state index contributed by atoms with van der Waals surface area (Å²) in [4.78, 5) is 11.8. The number of amidine groups is 1. The molecule has 1 aromatic rings. The molecule has 1 amide bonds. The highest BCUT2D eigenvalue weighted by molar-refractivity contribution is 5.97. The topological polar surface area (TPSA) is 87.7 Å². The van der Waals surface area contributed by atoms with Crippen LogP contribution >= 0.6 is 0 Å². The third kappa shape index (κ3) is 3.71. The van der Waals surface area contributed by atoms with E-state index in [1.807, 2.05) is 12.1 Å². The predicted molar refractivity (Wildman–Crippen MR) is 73.0 cm³/mol. The quantitative estimate of drug-likeness (QED) is 0.322. The number of amides is 1. The van der Waals surface area contributed by atoms with Crippen LogP contribution in [0.4, 0.5) is 0 Å². The number of benzene rings is 1. The van der Waals surface area contributed by atoms with E-state index in [-0.39, 0.29) is 17.8 Å². The SMILES string of the molecule is CC(NC(=O)Cc1ccc(C(N)=NO)cc1)C1CC1. The van der Waals surface area contributed by atoms with Crippen LogP contribution in [0.5, 0.6) is 0 Å². The van der Waals surface area contributed by atoms with Gasteiger partial charge in [0.25, 0.3) is 0 Å². The number of rotatable bonds is 5. The van der Waals surface area contributed by atoms with Crippen LogP contribution in [-0.2, 0) is 11.2 Å². The first-order chi connectivity index (χ1) is 9.10. The molecule has 1 aliphatic rings. The lowest BCUT2D eigenvalue weighted by Crippen LogP contribution is -2.35. The lowest BCUT2D eigenvalue weighted by Gasteiger charge is -2.12. The Morgan fingerprint density at radius 1 is 1.47 bits per heavy atom. The molecule has 0 heterocycles. The monoisotopic (exact) mass is 261 g/mol. The molecule has 102 valence electrons. The minimum Gasteiger partial charge on any atom is -0.409 e. The highest BCUT2D eigenvalue weighted by Crippen LogP contribution is 2.32. The highest BCUT2D eigenvalue weighted by atomic mass is 16.4. The van der Waals surface area contributed by atoms with E-state index in [0.29, 0.717) is 17.9 Å². The molecule has 0 aliphatic heterocycles. The molecular weight excluding hydrogens is 242 g/mol. The van der Waals surface area contributed by atoms with Crippen molar-refractivity contribution < 1.29 is 10.0 Å². The van der Waals surface area contributed by atoms with Crippen molar-refractivity contribution in [2.24, 2.45) is 16.8 Å². The first kappa shape index (κ1) is 13.4. The van der Waals surface area contributed by atoms with Crippen molar-refractivity contribution in [2.45, 2.75) is 32.2 Å². The second kappa shape index (κ2) is 5.73. The van der Waals surface area contributed by atoms with Crippen molar-refractivity contribution in [2.75, 3.05) is 0 Å². The van der Waals surface area contributed by atoms with Gasteiger partial charge in [-0.25, -0.2) is 0 Å². The van der Waals surface area contributed by atoms with Crippen LogP contribution < -0.4 is 11.1 Å². The van der Waals surface area contributed by atoms with E-state index >= 15 is 0 Å². The van der Waals surface area contributed by atoms with E-state index in [1.54, 1.807) is 12.1 Å². The molecule has 1 unspecified atom stereocenters. The summed E-state index contributed by atoms with van der Waals surface area (Å²) in [5.41, 5.74) is 7.02. The molecule has 1 aliphatic carbocycles. The van der Waals surface area contributed by atoms with Crippen LogP contribution in [-0.4, -0.2) is 23.0 Å². The molecule has 0 bridgehead atoms. The Labute approximate surface area is 112 Å². The normalized spacial score (nSPS) is 17.0. The zero-order valence-corrected chi connectivity index (χ0v) is 11.0. The number of nitrogens with zero attached hydrogens (tertiary/aromatic N) is 1. The van der Waals surface area contributed by atoms with Crippen LogP contribution in [0.25, 0.3) is 0 Å². The fourth-order valence-electron chi connectivity index (χ4n) is 2.06. The summed E-state index contributed by atoms with van der Waals surface area (Å²) in [6.45, 7) is 2.05. The second-order valence-corrected chi connectivity index (χ2v) is 5.05. The largest absolute Gasteiger partial charge is 0.409 e. The van der Waals surface area contributed by atoms with Gasteiger partial charge in [0, 0.05) is 11.6 Å². The number of hydrogen-bond acceptors (Lipinski definition) is 3. The van der Waals surface area contributed by atoms with Crippen molar-refractivity contribution in [3.63, 3.8) is 0 Å². The van der Waals surface area contributed by atoms with Gasteiger partial charge in [0.15, 0.2) is 5.84 Å². The molecule has 5 nitrogen and oxygen atoms in total. The summed E-state index contributed by atoms with van der Waals surface area (Å²) in [5.74, 6) is 0.765. The predicted octanol–water partition coefficient (Wildman–Crippen LogP) is 1.24. The maximum atomic E-state index is 11.8. The van der Waals surface area contributed by atoms with Crippen molar-refractivity contribution in [1.29, 1.82) is 0 Å². The molecule has 1 fully saturated rings. The van der Waals surface area contributed by atoms with Crippen LogP contribution in [0.2, 0.25) is 0 Å². The van der Waals surface area contributed by atoms with E-state index in [9.17, 15) is 4.79 Å². The van der Waals surface area contributed by atoms with Gasteiger partial charge >= 0.3 is 0 Å². The van der Waals surface area contributed by atoms with Crippen molar-refractivity contribution in [3.05, 3.63) is 35.4 Å². The van der Waals surface area contributed by atoms with Crippen molar-refractivity contribution in [1.82, 2.24) is 5.32 Å². The Bertz CT molecular complexity index is 478. The molecule has 19 heavy (non-hydrogen) atoms. The summed E-state index contributed by atoms with van der Waals surface area (Å²) in [6, 6.07) is 7.37. The Balaban J connectivity index is 1.89. The molecule has 0 aromatic heterocycles. The van der Waals surface area contributed by atoms with Gasteiger partial charge in [-0.05, 0) is 31.2 Å². The zero-order chi connectivity index (χ0) is 13.8. The minimum absolute atomic E-state index is 0.0379. The molecule has 0 radical (unpaired) electrons. The number of nitrogens with two attached hydrogens (primary N) is 1. The molecule has 0 saturated heterocycles. The molecular formula is C14H19N3O2. The average molecular weight is 261 g/mol. The average Bonchev–Trinajstić information content (AvgIpc) is 3.22. The van der Waals surface area contributed by atoms with E-state index in [0.717, 1.165) is 5.56 Å². The van der Waals surface area contributed by atoms with Crippen LogP contribution in [0, 0.1) is 5.92 Å². The summed E-state index contributed by atoms with van der Waals surface area (Å²) < 4.78 is 0. The number of carbonyl (C=O) groups excluding carboxylic acids is 1. The fraction of sp³-hybridized carbons (Fsp3) is 0.429. The van der Waals surface area contributed by atoms with Crippen LogP contribution in [0.1, 0.15) is 30.9 Å². The smallest absolute Gasteiger partial charge is 0.224 e. The summed E-state index contributed by atoms with van der Waals surface area (Å²) in [7, 11) is 0. The first-order valence-electron chi connectivity index (χ1n) is 6.46. The molecule has 1 saturated carbocycles. The zero-order valence-electron chi connectivity index (χ0n) is 11.0. The Kier molecular flexibility index (Phi) is 4.04. The maximum absolute atomic E-state index is 11.8. The summed E-state index contributed by atoms with van der Waals surface area (Å²) >= 11 is 0. The van der Waals surface area contributed by atoms with Gasteiger partial charge < -0.3 is 16.3 Å². The van der Waals surface area contributed by atoms with Crippen molar-refractivity contribution in [3.8, 4) is 0 Å². The van der Waals surface area contributed by atoms with E-state index in [4.69, 9.17) is 10.9 Å². The Morgan fingerprint density at radius 3 is 2.63 bits per heavy atom. The summed E-state index contributed by atoms with van der Waals surface area (Å²) in [5, 5.41) is 14.5. The lowest BCUT2D eigenvalue weighted by atomic mass is 10.1. The van der Waals surface area contributed by atoms with Gasteiger partial charge in [0.2, 0.25) is 5.91 Å².